The zero-order chi connectivity index (χ0) is 17.1. The van der Waals surface area contributed by atoms with Crippen molar-refractivity contribution in [3.63, 3.8) is 0 Å². The van der Waals surface area contributed by atoms with Crippen LogP contribution < -0.4 is 16.7 Å². The van der Waals surface area contributed by atoms with Gasteiger partial charge in [-0.1, -0.05) is 11.8 Å². The highest BCUT2D eigenvalue weighted by molar-refractivity contribution is 7.99. The molecule has 3 aromatic rings. The van der Waals surface area contributed by atoms with E-state index in [0.29, 0.717) is 21.9 Å². The number of rotatable bonds is 4. The Morgan fingerprint density at radius 1 is 1.38 bits per heavy atom. The van der Waals surface area contributed by atoms with Gasteiger partial charge in [0.05, 0.1) is 23.0 Å². The number of fused-ring (bicyclic) bond motifs is 1. The highest BCUT2D eigenvalue weighted by Crippen LogP contribution is 2.18. The summed E-state index contributed by atoms with van der Waals surface area (Å²) in [7, 11) is 0. The van der Waals surface area contributed by atoms with Crippen LogP contribution in [0.5, 0.6) is 0 Å². The smallest absolute Gasteiger partial charge is 0.323 e. The van der Waals surface area contributed by atoms with Crippen molar-refractivity contribution in [3.8, 4) is 6.07 Å². The molecule has 0 saturated carbocycles. The number of nitriles is 1. The van der Waals surface area contributed by atoms with Crippen LogP contribution in [0, 0.1) is 11.3 Å². The number of nitrogens with one attached hydrogen (secondary N) is 3. The summed E-state index contributed by atoms with van der Waals surface area (Å²) in [6, 6.07) is 6.91. The summed E-state index contributed by atoms with van der Waals surface area (Å²) in [6.07, 6.45) is 1.32. The number of thioether (sulfide) groups is 1. The lowest BCUT2D eigenvalue weighted by Gasteiger charge is -2.05. The lowest BCUT2D eigenvalue weighted by Crippen LogP contribution is -2.14. The number of aromatic nitrogens is 4. The van der Waals surface area contributed by atoms with E-state index in [4.69, 9.17) is 11.0 Å². The molecule has 0 fully saturated rings. The maximum Gasteiger partial charge on any atom is 0.323 e. The zero-order valence-electron chi connectivity index (χ0n) is 12.2. The van der Waals surface area contributed by atoms with Gasteiger partial charge in [-0.2, -0.15) is 5.26 Å². The van der Waals surface area contributed by atoms with Crippen LogP contribution >= 0.6 is 11.8 Å². The molecule has 0 spiro atoms. The summed E-state index contributed by atoms with van der Waals surface area (Å²) in [5.41, 5.74) is 7.31. The van der Waals surface area contributed by atoms with E-state index in [2.05, 4.69) is 25.3 Å². The average Bonchev–Trinajstić information content (AvgIpc) is 2.92. The van der Waals surface area contributed by atoms with E-state index in [0.717, 1.165) is 11.8 Å². The summed E-state index contributed by atoms with van der Waals surface area (Å²) in [5.74, 6) is -0.103. The molecule has 1 aromatic carbocycles. The average molecular weight is 341 g/mol. The second-order valence-corrected chi connectivity index (χ2v) is 5.68. The number of benzene rings is 1. The fourth-order valence-corrected chi connectivity index (χ4v) is 2.59. The molecule has 2 heterocycles. The highest BCUT2D eigenvalue weighted by Gasteiger charge is 2.09. The minimum Gasteiger partial charge on any atom is -0.382 e. The Hall–Kier alpha value is -3.32. The SMILES string of the molecule is N#Cc1cnc(SCC(=O)Nc2ccc3[nH]c(=O)[nH]c3c2)nc1N. The van der Waals surface area contributed by atoms with Crippen molar-refractivity contribution in [2.45, 2.75) is 5.16 Å². The first-order valence-corrected chi connectivity index (χ1v) is 7.71. The van der Waals surface area contributed by atoms with Crippen LogP contribution in [0.2, 0.25) is 0 Å². The van der Waals surface area contributed by atoms with Gasteiger partial charge in [0.25, 0.3) is 0 Å². The van der Waals surface area contributed by atoms with Crippen molar-refractivity contribution in [2.24, 2.45) is 0 Å². The Morgan fingerprint density at radius 2 is 2.17 bits per heavy atom. The van der Waals surface area contributed by atoms with Crippen LogP contribution in [0.15, 0.2) is 34.3 Å². The number of hydrogen-bond acceptors (Lipinski definition) is 7. The van der Waals surface area contributed by atoms with E-state index < -0.39 is 0 Å². The Labute approximate surface area is 139 Å². The second-order valence-electron chi connectivity index (χ2n) is 4.74. The quantitative estimate of drug-likeness (QED) is 0.405. The number of carbonyl (C=O) groups excluding carboxylic acids is 1. The van der Waals surface area contributed by atoms with E-state index in [1.165, 1.54) is 6.20 Å². The predicted octanol–water partition coefficient (Wildman–Crippen LogP) is 0.831. The van der Waals surface area contributed by atoms with Gasteiger partial charge in [-0.15, -0.1) is 0 Å². The van der Waals surface area contributed by atoms with Gasteiger partial charge in [0, 0.05) is 5.69 Å². The van der Waals surface area contributed by atoms with Crippen LogP contribution in [0.3, 0.4) is 0 Å². The number of carbonyl (C=O) groups is 1. The minimum atomic E-state index is -0.306. The van der Waals surface area contributed by atoms with Crippen molar-refractivity contribution in [1.29, 1.82) is 5.26 Å². The van der Waals surface area contributed by atoms with Crippen molar-refractivity contribution < 1.29 is 4.79 Å². The predicted molar refractivity (Wildman–Crippen MR) is 89.4 cm³/mol. The first-order valence-electron chi connectivity index (χ1n) is 6.72. The van der Waals surface area contributed by atoms with Crippen LogP contribution in [0.4, 0.5) is 11.5 Å². The van der Waals surface area contributed by atoms with Gasteiger partial charge in [0.2, 0.25) is 5.91 Å². The molecule has 0 bridgehead atoms. The summed E-state index contributed by atoms with van der Waals surface area (Å²) in [5, 5.41) is 11.8. The fraction of sp³-hybridized carbons (Fsp3) is 0.0714. The molecule has 120 valence electrons. The molecule has 0 aliphatic heterocycles. The topological polar surface area (TPSA) is 153 Å². The minimum absolute atomic E-state index is 0.0764. The first-order chi connectivity index (χ1) is 11.5. The number of nitrogens with two attached hydrogens (primary N) is 1. The van der Waals surface area contributed by atoms with Crippen molar-refractivity contribution in [2.75, 3.05) is 16.8 Å². The monoisotopic (exact) mass is 341 g/mol. The van der Waals surface area contributed by atoms with E-state index in [1.54, 1.807) is 18.2 Å². The largest absolute Gasteiger partial charge is 0.382 e. The molecular weight excluding hydrogens is 330 g/mol. The number of imidazole rings is 1. The number of H-pyrrole nitrogens is 2. The number of nitrogens with zero attached hydrogens (tertiary/aromatic N) is 3. The van der Waals surface area contributed by atoms with Gasteiger partial charge in [-0.3, -0.25) is 4.79 Å². The Bertz CT molecular complexity index is 1020. The third-order valence-electron chi connectivity index (χ3n) is 3.05. The molecule has 0 atom stereocenters. The van der Waals surface area contributed by atoms with E-state index in [9.17, 15) is 9.59 Å². The van der Waals surface area contributed by atoms with E-state index >= 15 is 0 Å². The van der Waals surface area contributed by atoms with Crippen LogP contribution in [0.1, 0.15) is 5.56 Å². The van der Waals surface area contributed by atoms with Gasteiger partial charge in [-0.25, -0.2) is 14.8 Å². The molecule has 1 amide bonds. The lowest BCUT2D eigenvalue weighted by atomic mass is 10.3. The van der Waals surface area contributed by atoms with E-state index in [1.807, 2.05) is 6.07 Å². The summed E-state index contributed by atoms with van der Waals surface area (Å²) < 4.78 is 0. The number of amides is 1. The molecule has 0 unspecified atom stereocenters. The summed E-state index contributed by atoms with van der Waals surface area (Å²) in [4.78, 5) is 36.3. The third kappa shape index (κ3) is 3.36. The van der Waals surface area contributed by atoms with Crippen LogP contribution in [0.25, 0.3) is 11.0 Å². The molecule has 0 aliphatic carbocycles. The molecular formula is C14H11N7O2S. The maximum absolute atomic E-state index is 12.0. The highest BCUT2D eigenvalue weighted by atomic mass is 32.2. The Kier molecular flexibility index (Phi) is 4.17. The van der Waals surface area contributed by atoms with Gasteiger partial charge in [0.1, 0.15) is 17.5 Å². The number of hydrogen-bond donors (Lipinski definition) is 4. The van der Waals surface area contributed by atoms with Crippen molar-refractivity contribution >= 4 is 40.2 Å². The molecule has 2 aromatic heterocycles. The molecule has 9 nitrogen and oxygen atoms in total. The fourth-order valence-electron chi connectivity index (χ4n) is 1.97. The number of nitrogen functional groups attached to an aromatic ring is 1. The number of anilines is 2. The number of aromatic amines is 2. The normalized spacial score (nSPS) is 10.5. The maximum atomic E-state index is 12.0. The van der Waals surface area contributed by atoms with Gasteiger partial charge < -0.3 is 21.0 Å². The van der Waals surface area contributed by atoms with Crippen LogP contribution in [-0.4, -0.2) is 31.6 Å². The van der Waals surface area contributed by atoms with Gasteiger partial charge in [-0.05, 0) is 18.2 Å². The first kappa shape index (κ1) is 15.6. The standard InChI is InChI=1S/C14H11N7O2S/c15-4-7-5-17-14(21-12(7)16)24-6-11(22)18-8-1-2-9-10(3-8)20-13(23)19-9/h1-3,5H,6H2,(H,18,22)(H2,16,17,21)(H2,19,20,23). The molecule has 0 aliphatic rings. The third-order valence-corrected chi connectivity index (χ3v) is 3.91. The van der Waals surface area contributed by atoms with Gasteiger partial charge >= 0.3 is 5.69 Å². The van der Waals surface area contributed by atoms with Crippen molar-refractivity contribution in [1.82, 2.24) is 19.9 Å². The zero-order valence-corrected chi connectivity index (χ0v) is 13.0. The Morgan fingerprint density at radius 3 is 2.92 bits per heavy atom. The molecule has 0 saturated heterocycles. The summed E-state index contributed by atoms with van der Waals surface area (Å²) >= 11 is 1.10. The summed E-state index contributed by atoms with van der Waals surface area (Å²) in [6.45, 7) is 0. The molecule has 5 N–H and O–H groups in total. The second kappa shape index (κ2) is 6.43. The van der Waals surface area contributed by atoms with Crippen molar-refractivity contribution in [3.05, 3.63) is 40.4 Å². The molecule has 0 radical (unpaired) electrons. The van der Waals surface area contributed by atoms with Crippen LogP contribution in [-0.2, 0) is 4.79 Å². The Balaban J connectivity index is 1.63. The lowest BCUT2D eigenvalue weighted by molar-refractivity contribution is -0.113. The van der Waals surface area contributed by atoms with Gasteiger partial charge in [0.15, 0.2) is 5.16 Å². The van der Waals surface area contributed by atoms with E-state index in [-0.39, 0.29) is 28.7 Å². The molecule has 3 rings (SSSR count). The molecule has 10 heteroatoms. The molecule has 24 heavy (non-hydrogen) atoms.